The van der Waals surface area contributed by atoms with Gasteiger partial charge in [-0.25, -0.2) is 9.50 Å². The van der Waals surface area contributed by atoms with Crippen LogP contribution in [0.25, 0.3) is 5.65 Å². The summed E-state index contributed by atoms with van der Waals surface area (Å²) in [6.07, 6.45) is 7.29. The minimum atomic E-state index is -0.575. The summed E-state index contributed by atoms with van der Waals surface area (Å²) in [5.41, 5.74) is 8.17. The highest BCUT2D eigenvalue weighted by Gasteiger charge is 2.32. The fourth-order valence-electron chi connectivity index (χ4n) is 4.83. The van der Waals surface area contributed by atoms with E-state index >= 15 is 0 Å². The highest BCUT2D eigenvalue weighted by atomic mass is 16.5. The summed E-state index contributed by atoms with van der Waals surface area (Å²) >= 11 is 0. The number of fused-ring (bicyclic) bond motifs is 1. The zero-order chi connectivity index (χ0) is 22.8. The van der Waals surface area contributed by atoms with Gasteiger partial charge in [-0.2, -0.15) is 5.10 Å². The number of rotatable bonds is 7. The summed E-state index contributed by atoms with van der Waals surface area (Å²) in [6, 6.07) is 9.68. The number of hydrogen-bond donors (Lipinski definition) is 1. The van der Waals surface area contributed by atoms with Gasteiger partial charge in [-0.15, -0.1) is 0 Å². The van der Waals surface area contributed by atoms with Crippen molar-refractivity contribution in [3.05, 3.63) is 59.5 Å². The Morgan fingerprint density at radius 2 is 1.85 bits per heavy atom. The molecule has 1 unspecified atom stereocenters. The number of amides is 2. The van der Waals surface area contributed by atoms with E-state index in [1.165, 1.54) is 24.6 Å². The number of primary amides is 1. The monoisotopic (exact) mass is 448 g/mol. The number of nitrogens with two attached hydrogens (primary N) is 1. The molecular formula is C24H28N6O3. The van der Waals surface area contributed by atoms with E-state index in [1.807, 2.05) is 23.1 Å². The zero-order valence-electron chi connectivity index (χ0n) is 18.5. The van der Waals surface area contributed by atoms with Gasteiger partial charge >= 0.3 is 0 Å². The molecule has 2 aromatic heterocycles. The topological polar surface area (TPSA) is 106 Å². The maximum absolute atomic E-state index is 13.0. The first kappa shape index (κ1) is 21.4. The molecule has 172 valence electrons. The van der Waals surface area contributed by atoms with Gasteiger partial charge in [-0.3, -0.25) is 14.5 Å². The molecule has 9 nitrogen and oxygen atoms in total. The molecule has 2 aliphatic heterocycles. The maximum atomic E-state index is 13.0. The van der Waals surface area contributed by atoms with Crippen LogP contribution in [0.5, 0.6) is 5.75 Å². The molecule has 2 fully saturated rings. The van der Waals surface area contributed by atoms with Gasteiger partial charge in [0.1, 0.15) is 11.3 Å². The predicted molar refractivity (Wildman–Crippen MR) is 122 cm³/mol. The molecule has 3 aromatic rings. The molecular weight excluding hydrogens is 420 g/mol. The summed E-state index contributed by atoms with van der Waals surface area (Å²) < 4.78 is 7.42. The van der Waals surface area contributed by atoms with Crippen molar-refractivity contribution < 1.29 is 14.3 Å². The van der Waals surface area contributed by atoms with E-state index < -0.39 is 5.91 Å². The van der Waals surface area contributed by atoms with E-state index in [2.05, 4.69) is 27.1 Å². The van der Waals surface area contributed by atoms with E-state index in [-0.39, 0.29) is 24.1 Å². The van der Waals surface area contributed by atoms with E-state index in [0.29, 0.717) is 17.9 Å². The van der Waals surface area contributed by atoms with Gasteiger partial charge in [0.15, 0.2) is 12.3 Å². The van der Waals surface area contributed by atoms with Crippen molar-refractivity contribution in [1.29, 1.82) is 0 Å². The van der Waals surface area contributed by atoms with Crippen molar-refractivity contribution in [2.24, 2.45) is 5.73 Å². The Bertz CT molecular complexity index is 1150. The fourth-order valence-corrected chi connectivity index (χ4v) is 4.83. The predicted octanol–water partition coefficient (Wildman–Crippen LogP) is 2.17. The van der Waals surface area contributed by atoms with Crippen LogP contribution in [0.4, 0.5) is 0 Å². The van der Waals surface area contributed by atoms with Crippen LogP contribution in [0.1, 0.15) is 53.3 Å². The zero-order valence-corrected chi connectivity index (χ0v) is 18.5. The number of hydrogen-bond acceptors (Lipinski definition) is 6. The van der Waals surface area contributed by atoms with Crippen LogP contribution < -0.4 is 10.5 Å². The molecule has 0 aliphatic carbocycles. The minimum absolute atomic E-state index is 0.0260. The van der Waals surface area contributed by atoms with E-state index in [4.69, 9.17) is 10.5 Å². The third kappa shape index (κ3) is 4.41. The molecule has 0 spiro atoms. The van der Waals surface area contributed by atoms with Crippen LogP contribution in [0.3, 0.4) is 0 Å². The Balaban J connectivity index is 1.24. The van der Waals surface area contributed by atoms with Crippen LogP contribution in [-0.2, 0) is 11.3 Å². The smallest absolute Gasteiger partial charge is 0.261 e. The summed E-state index contributed by atoms with van der Waals surface area (Å²) in [4.78, 5) is 33.2. The van der Waals surface area contributed by atoms with Crippen molar-refractivity contribution in [2.45, 2.75) is 38.3 Å². The Morgan fingerprint density at radius 3 is 2.61 bits per heavy atom. The molecule has 33 heavy (non-hydrogen) atoms. The van der Waals surface area contributed by atoms with Crippen LogP contribution in [-0.4, -0.2) is 62.5 Å². The largest absolute Gasteiger partial charge is 0.484 e. The van der Waals surface area contributed by atoms with Crippen LogP contribution in [0.15, 0.2) is 42.7 Å². The average Bonchev–Trinajstić information content (AvgIpc) is 3.58. The first-order valence-corrected chi connectivity index (χ1v) is 11.5. The molecule has 2 amide bonds. The van der Waals surface area contributed by atoms with E-state index in [1.54, 1.807) is 10.7 Å². The van der Waals surface area contributed by atoms with Crippen LogP contribution in [0.2, 0.25) is 0 Å². The van der Waals surface area contributed by atoms with Gasteiger partial charge in [0.2, 0.25) is 0 Å². The van der Waals surface area contributed by atoms with Crippen molar-refractivity contribution in [2.75, 3.05) is 26.2 Å². The molecule has 9 heteroatoms. The third-order valence-electron chi connectivity index (χ3n) is 6.50. The van der Waals surface area contributed by atoms with Crippen molar-refractivity contribution in [3.8, 4) is 5.75 Å². The number of aromatic nitrogens is 3. The molecule has 2 saturated heterocycles. The number of likely N-dealkylation sites (tertiary alicyclic amines) is 2. The lowest BCUT2D eigenvalue weighted by molar-refractivity contribution is -0.134. The van der Waals surface area contributed by atoms with Gasteiger partial charge in [-0.05, 0) is 62.5 Å². The molecule has 5 rings (SSSR count). The standard InChI is InChI=1S/C24H28N6O3/c25-23(32)19-14-27-30-21(9-10-26-24(19)30)20-4-3-13-29(20)22(31)16-33-18-7-5-17(6-8-18)15-28-11-1-2-12-28/h5-10,14,20H,1-4,11-13,15-16H2,(H2,25,32). The lowest BCUT2D eigenvalue weighted by atomic mass is 10.1. The summed E-state index contributed by atoms with van der Waals surface area (Å²) in [5, 5.41) is 4.30. The molecule has 2 aliphatic rings. The second-order valence-electron chi connectivity index (χ2n) is 8.69. The highest BCUT2D eigenvalue weighted by molar-refractivity contribution is 5.98. The maximum Gasteiger partial charge on any atom is 0.261 e. The molecule has 2 N–H and O–H groups in total. The Hall–Kier alpha value is -3.46. The van der Waals surface area contributed by atoms with Crippen LogP contribution >= 0.6 is 0 Å². The molecule has 0 bridgehead atoms. The Kier molecular flexibility index (Phi) is 5.95. The van der Waals surface area contributed by atoms with Gasteiger partial charge in [0.05, 0.1) is 17.9 Å². The summed E-state index contributed by atoms with van der Waals surface area (Å²) in [5.74, 6) is 0.0356. The lowest BCUT2D eigenvalue weighted by Crippen LogP contribution is -2.35. The number of carbonyl (C=O) groups is 2. The van der Waals surface area contributed by atoms with Crippen LogP contribution in [0, 0.1) is 0 Å². The SMILES string of the molecule is NC(=O)c1cnn2c(C3CCCN3C(=O)COc3ccc(CN4CCCC4)cc3)ccnc12. The molecule has 0 saturated carbocycles. The van der Waals surface area contributed by atoms with E-state index in [9.17, 15) is 9.59 Å². The lowest BCUT2D eigenvalue weighted by Gasteiger charge is -2.25. The summed E-state index contributed by atoms with van der Waals surface area (Å²) in [7, 11) is 0. The molecule has 0 radical (unpaired) electrons. The fraction of sp³-hybridized carbons (Fsp3) is 0.417. The van der Waals surface area contributed by atoms with Gasteiger partial charge < -0.3 is 15.4 Å². The first-order chi connectivity index (χ1) is 16.1. The highest BCUT2D eigenvalue weighted by Crippen LogP contribution is 2.32. The van der Waals surface area contributed by atoms with Crippen molar-refractivity contribution in [1.82, 2.24) is 24.4 Å². The number of benzene rings is 1. The van der Waals surface area contributed by atoms with Gasteiger partial charge in [0, 0.05) is 19.3 Å². The number of nitrogens with zero attached hydrogens (tertiary/aromatic N) is 5. The van der Waals surface area contributed by atoms with Crippen molar-refractivity contribution in [3.63, 3.8) is 0 Å². The quantitative estimate of drug-likeness (QED) is 0.594. The normalized spacial score (nSPS) is 18.8. The Morgan fingerprint density at radius 1 is 1.06 bits per heavy atom. The average molecular weight is 449 g/mol. The van der Waals surface area contributed by atoms with Gasteiger partial charge in [0.25, 0.3) is 11.8 Å². The van der Waals surface area contributed by atoms with E-state index in [0.717, 1.165) is 38.2 Å². The number of ether oxygens (including phenoxy) is 1. The minimum Gasteiger partial charge on any atom is -0.484 e. The second kappa shape index (κ2) is 9.19. The van der Waals surface area contributed by atoms with Gasteiger partial charge in [-0.1, -0.05) is 12.1 Å². The summed E-state index contributed by atoms with van der Waals surface area (Å²) in [6.45, 7) is 3.91. The number of carbonyl (C=O) groups excluding carboxylic acids is 2. The molecule has 4 heterocycles. The Labute approximate surface area is 192 Å². The first-order valence-electron chi connectivity index (χ1n) is 11.5. The third-order valence-corrected chi connectivity index (χ3v) is 6.50. The second-order valence-corrected chi connectivity index (χ2v) is 8.69. The molecule has 1 aromatic carbocycles. The molecule has 1 atom stereocenters. The van der Waals surface area contributed by atoms with Crippen molar-refractivity contribution >= 4 is 17.5 Å².